The molecule has 0 aliphatic carbocycles. The fraction of sp³-hybridized carbons (Fsp3) is 0.0833. The Labute approximate surface area is 175 Å². The maximum Gasteiger partial charge on any atom is 0.166 e. The molecule has 7 N–H and O–H groups in total. The molecule has 0 spiro atoms. The highest BCUT2D eigenvalue weighted by Crippen LogP contribution is 2.26. The van der Waals surface area contributed by atoms with Gasteiger partial charge >= 0.3 is 0 Å². The number of nitrogens with two attached hydrogens (primary N) is 3. The van der Waals surface area contributed by atoms with Crippen molar-refractivity contribution in [1.82, 2.24) is 0 Å². The summed E-state index contributed by atoms with van der Waals surface area (Å²) in [6.45, 7) is 0.387. The Morgan fingerprint density at radius 1 is 1.00 bits per heavy atom. The molecular formula is C24H24N4O2. The summed E-state index contributed by atoms with van der Waals surface area (Å²) < 4.78 is 5.80. The molecule has 0 fully saturated rings. The van der Waals surface area contributed by atoms with Crippen LogP contribution in [-0.2, 0) is 11.4 Å². The monoisotopic (exact) mass is 400 g/mol. The van der Waals surface area contributed by atoms with Gasteiger partial charge in [-0.1, -0.05) is 54.6 Å². The van der Waals surface area contributed by atoms with Crippen molar-refractivity contribution in [1.29, 1.82) is 5.41 Å². The number of allylic oxidation sites excluding steroid dienone is 1. The molecule has 0 bridgehead atoms. The number of benzene rings is 3. The van der Waals surface area contributed by atoms with Gasteiger partial charge in [0.05, 0.1) is 17.5 Å². The van der Waals surface area contributed by atoms with E-state index < -0.39 is 6.04 Å². The molecule has 3 aromatic rings. The zero-order valence-electron chi connectivity index (χ0n) is 16.4. The second-order valence-corrected chi connectivity index (χ2v) is 6.81. The van der Waals surface area contributed by atoms with Crippen LogP contribution < -0.4 is 21.9 Å². The van der Waals surface area contributed by atoms with Gasteiger partial charge in [-0.25, -0.2) is 0 Å². The minimum atomic E-state index is -0.731. The Hall–Kier alpha value is -3.90. The van der Waals surface area contributed by atoms with E-state index in [1.165, 1.54) is 0 Å². The van der Waals surface area contributed by atoms with Gasteiger partial charge < -0.3 is 21.9 Å². The van der Waals surface area contributed by atoms with E-state index in [9.17, 15) is 4.79 Å². The van der Waals surface area contributed by atoms with Crippen molar-refractivity contribution >= 4 is 17.7 Å². The molecule has 0 heterocycles. The van der Waals surface area contributed by atoms with Crippen LogP contribution in [0.4, 0.5) is 5.69 Å². The molecule has 0 aromatic heterocycles. The van der Waals surface area contributed by atoms with Gasteiger partial charge in [0, 0.05) is 11.3 Å². The standard InChI is InChI=1S/C24H24N4O2/c25-19-8-4-5-16(13-19)15-30-20-11-9-18(10-12-20)24(28)22(21(26)14-29)23(27)17-6-2-1-3-7-17/h1-14,24,27H,15,25-26,28H2/b22-21+,27-23?. The highest BCUT2D eigenvalue weighted by molar-refractivity contribution is 6.13. The zero-order valence-corrected chi connectivity index (χ0v) is 16.4. The third-order valence-electron chi connectivity index (χ3n) is 4.68. The smallest absolute Gasteiger partial charge is 0.166 e. The van der Waals surface area contributed by atoms with Crippen LogP contribution in [0.15, 0.2) is 90.1 Å². The van der Waals surface area contributed by atoms with Crippen molar-refractivity contribution in [3.8, 4) is 5.75 Å². The summed E-state index contributed by atoms with van der Waals surface area (Å²) in [4.78, 5) is 11.4. The van der Waals surface area contributed by atoms with E-state index >= 15 is 0 Å². The van der Waals surface area contributed by atoms with Crippen LogP contribution in [0.25, 0.3) is 0 Å². The van der Waals surface area contributed by atoms with Gasteiger partial charge in [-0.15, -0.1) is 0 Å². The molecular weight excluding hydrogens is 376 g/mol. The minimum absolute atomic E-state index is 0.0571. The topological polar surface area (TPSA) is 128 Å². The molecule has 0 radical (unpaired) electrons. The molecule has 3 aromatic carbocycles. The Morgan fingerprint density at radius 2 is 1.70 bits per heavy atom. The predicted octanol–water partition coefficient (Wildman–Crippen LogP) is 3.33. The Bertz CT molecular complexity index is 1060. The van der Waals surface area contributed by atoms with Crippen LogP contribution in [0.1, 0.15) is 22.7 Å². The van der Waals surface area contributed by atoms with Crippen LogP contribution in [-0.4, -0.2) is 12.0 Å². The molecule has 30 heavy (non-hydrogen) atoms. The van der Waals surface area contributed by atoms with E-state index in [0.717, 1.165) is 5.56 Å². The van der Waals surface area contributed by atoms with Crippen molar-refractivity contribution in [2.24, 2.45) is 11.5 Å². The second kappa shape index (κ2) is 9.54. The van der Waals surface area contributed by atoms with Crippen LogP contribution in [0.3, 0.4) is 0 Å². The molecule has 6 heteroatoms. The molecule has 0 aliphatic rings. The molecule has 0 amide bonds. The number of ether oxygens (including phenoxy) is 1. The maximum absolute atomic E-state index is 11.4. The van der Waals surface area contributed by atoms with Crippen molar-refractivity contribution in [2.45, 2.75) is 12.6 Å². The number of hydrogen-bond donors (Lipinski definition) is 4. The quantitative estimate of drug-likeness (QED) is 0.200. The Kier molecular flexibility index (Phi) is 6.62. The summed E-state index contributed by atoms with van der Waals surface area (Å²) >= 11 is 0. The highest BCUT2D eigenvalue weighted by Gasteiger charge is 2.21. The van der Waals surface area contributed by atoms with Crippen LogP contribution in [0.2, 0.25) is 0 Å². The lowest BCUT2D eigenvalue weighted by Crippen LogP contribution is -2.24. The number of aldehydes is 1. The summed E-state index contributed by atoms with van der Waals surface area (Å²) in [7, 11) is 0. The third kappa shape index (κ3) is 4.92. The lowest BCUT2D eigenvalue weighted by molar-refractivity contribution is -0.105. The highest BCUT2D eigenvalue weighted by atomic mass is 16.5. The minimum Gasteiger partial charge on any atom is -0.489 e. The first-order valence-corrected chi connectivity index (χ1v) is 9.41. The fourth-order valence-electron chi connectivity index (χ4n) is 3.09. The van der Waals surface area contributed by atoms with Crippen molar-refractivity contribution in [3.63, 3.8) is 0 Å². The average Bonchev–Trinajstić information content (AvgIpc) is 2.78. The number of carbonyl (C=O) groups is 1. The molecule has 152 valence electrons. The van der Waals surface area contributed by atoms with Gasteiger partial charge in [0.15, 0.2) is 6.29 Å². The van der Waals surface area contributed by atoms with Crippen LogP contribution in [0.5, 0.6) is 5.75 Å². The SMILES string of the molecule is N=C(/C(=C(\N)C=O)C(N)c1ccc(OCc2cccc(N)c2)cc1)c1ccccc1. The number of carbonyl (C=O) groups excluding carboxylic acids is 1. The molecule has 0 aliphatic heterocycles. The van der Waals surface area contributed by atoms with Crippen molar-refractivity contribution in [3.05, 3.63) is 107 Å². The summed E-state index contributed by atoms with van der Waals surface area (Å²) in [5.74, 6) is 0.667. The van der Waals surface area contributed by atoms with Crippen LogP contribution in [0, 0.1) is 5.41 Å². The lowest BCUT2D eigenvalue weighted by atomic mass is 9.91. The number of nitrogens with one attached hydrogen (secondary N) is 1. The Morgan fingerprint density at radius 3 is 2.33 bits per heavy atom. The van der Waals surface area contributed by atoms with E-state index in [2.05, 4.69) is 0 Å². The van der Waals surface area contributed by atoms with Gasteiger partial charge in [-0.05, 0) is 41.0 Å². The van der Waals surface area contributed by atoms with Gasteiger partial charge in [-0.3, -0.25) is 10.2 Å². The summed E-state index contributed by atoms with van der Waals surface area (Å²) in [5.41, 5.74) is 21.4. The van der Waals surface area contributed by atoms with Crippen molar-refractivity contribution in [2.75, 3.05) is 5.73 Å². The lowest BCUT2D eigenvalue weighted by Gasteiger charge is -2.19. The van der Waals surface area contributed by atoms with Gasteiger partial charge in [0.25, 0.3) is 0 Å². The Balaban J connectivity index is 1.78. The number of anilines is 1. The first kappa shape index (κ1) is 20.8. The van der Waals surface area contributed by atoms with E-state index in [4.69, 9.17) is 27.3 Å². The van der Waals surface area contributed by atoms with E-state index in [1.54, 1.807) is 36.4 Å². The van der Waals surface area contributed by atoms with E-state index in [0.29, 0.717) is 35.5 Å². The van der Waals surface area contributed by atoms with E-state index in [-0.39, 0.29) is 17.0 Å². The number of rotatable bonds is 8. The average molecular weight is 400 g/mol. The summed E-state index contributed by atoms with van der Waals surface area (Å²) in [5, 5.41) is 8.51. The third-order valence-corrected chi connectivity index (χ3v) is 4.68. The largest absolute Gasteiger partial charge is 0.489 e. The molecule has 1 atom stereocenters. The van der Waals surface area contributed by atoms with Gasteiger partial charge in [-0.2, -0.15) is 0 Å². The van der Waals surface area contributed by atoms with Gasteiger partial charge in [0.2, 0.25) is 0 Å². The van der Waals surface area contributed by atoms with Crippen molar-refractivity contribution < 1.29 is 9.53 Å². The number of nitrogen functional groups attached to an aromatic ring is 1. The molecule has 6 nitrogen and oxygen atoms in total. The first-order chi connectivity index (χ1) is 14.5. The fourth-order valence-corrected chi connectivity index (χ4v) is 3.09. The predicted molar refractivity (Wildman–Crippen MR) is 119 cm³/mol. The molecule has 3 rings (SSSR count). The molecule has 0 saturated carbocycles. The first-order valence-electron chi connectivity index (χ1n) is 9.41. The number of hydrogen-bond acceptors (Lipinski definition) is 6. The maximum atomic E-state index is 11.4. The summed E-state index contributed by atoms with van der Waals surface area (Å²) in [6, 6.07) is 23.0. The zero-order chi connectivity index (χ0) is 21.5. The van der Waals surface area contributed by atoms with E-state index in [1.807, 2.05) is 42.5 Å². The normalized spacial score (nSPS) is 12.6. The van der Waals surface area contributed by atoms with Crippen LogP contribution >= 0.6 is 0 Å². The summed E-state index contributed by atoms with van der Waals surface area (Å²) in [6.07, 6.45) is 0.524. The van der Waals surface area contributed by atoms with Gasteiger partial charge in [0.1, 0.15) is 12.4 Å². The second-order valence-electron chi connectivity index (χ2n) is 6.81. The molecule has 1 unspecified atom stereocenters. The molecule has 0 saturated heterocycles.